The van der Waals surface area contributed by atoms with Crippen LogP contribution in [0.4, 0.5) is 11.4 Å². The van der Waals surface area contributed by atoms with Crippen molar-refractivity contribution in [1.82, 2.24) is 9.97 Å². The molecule has 1 N–H and O–H groups in total. The van der Waals surface area contributed by atoms with Crippen molar-refractivity contribution in [3.8, 4) is 0 Å². The van der Waals surface area contributed by atoms with Gasteiger partial charge in [0.25, 0.3) is 0 Å². The van der Waals surface area contributed by atoms with Gasteiger partial charge in [0.1, 0.15) is 5.25 Å². The molecule has 3 rings (SSSR count). The first kappa shape index (κ1) is 18.1. The second kappa shape index (κ2) is 7.25. The van der Waals surface area contributed by atoms with Crippen LogP contribution in [0, 0.1) is 13.8 Å². The summed E-state index contributed by atoms with van der Waals surface area (Å²) in [6.07, 6.45) is 0.104. The summed E-state index contributed by atoms with van der Waals surface area (Å²) in [6.45, 7) is 5.14. The van der Waals surface area contributed by atoms with Gasteiger partial charge in [-0.2, -0.15) is 0 Å². The molecule has 0 bridgehead atoms. The van der Waals surface area contributed by atoms with E-state index in [-0.39, 0.29) is 24.1 Å². The van der Waals surface area contributed by atoms with Crippen LogP contribution in [0.1, 0.15) is 24.7 Å². The maximum Gasteiger partial charge on any atom is 0.247 e. The molecule has 0 unspecified atom stereocenters. The third-order valence-corrected chi connectivity index (χ3v) is 4.81. The van der Waals surface area contributed by atoms with E-state index in [1.807, 2.05) is 19.9 Å². The number of nitrogens with zero attached hydrogens (tertiary/aromatic N) is 3. The fourth-order valence-electron chi connectivity index (χ4n) is 2.74. The summed E-state index contributed by atoms with van der Waals surface area (Å²) in [6, 6.07) is 8.45. The fourth-order valence-corrected chi connectivity index (χ4v) is 3.82. The minimum atomic E-state index is -0.543. The van der Waals surface area contributed by atoms with Crippen molar-refractivity contribution >= 4 is 40.9 Å². The normalized spacial score (nSPS) is 16.9. The molecule has 1 aliphatic heterocycles. The molecule has 134 valence electrons. The molecule has 1 saturated heterocycles. The average Bonchev–Trinajstić information content (AvgIpc) is 2.81. The summed E-state index contributed by atoms with van der Waals surface area (Å²) < 4.78 is 0. The molecule has 1 atom stereocenters. The Labute approximate surface area is 155 Å². The van der Waals surface area contributed by atoms with E-state index in [2.05, 4.69) is 15.3 Å². The van der Waals surface area contributed by atoms with Gasteiger partial charge in [0.2, 0.25) is 17.7 Å². The number of hydrogen-bond donors (Lipinski definition) is 1. The number of hydrogen-bond acceptors (Lipinski definition) is 6. The van der Waals surface area contributed by atoms with Gasteiger partial charge in [0, 0.05) is 30.4 Å². The van der Waals surface area contributed by atoms with Crippen molar-refractivity contribution in [2.45, 2.75) is 37.6 Å². The number of imide groups is 1. The molecular formula is C18H18N4O3S. The van der Waals surface area contributed by atoms with Crippen LogP contribution < -0.4 is 10.2 Å². The third kappa shape index (κ3) is 3.91. The molecule has 1 fully saturated rings. The Kier molecular flexibility index (Phi) is 5.03. The first-order valence-corrected chi connectivity index (χ1v) is 8.95. The predicted molar refractivity (Wildman–Crippen MR) is 99.0 cm³/mol. The first-order chi connectivity index (χ1) is 12.3. The number of aryl methyl sites for hydroxylation is 2. The van der Waals surface area contributed by atoms with Gasteiger partial charge < -0.3 is 5.32 Å². The van der Waals surface area contributed by atoms with Crippen molar-refractivity contribution < 1.29 is 14.4 Å². The van der Waals surface area contributed by atoms with Crippen LogP contribution in [0.5, 0.6) is 0 Å². The minimum Gasteiger partial charge on any atom is -0.326 e. The van der Waals surface area contributed by atoms with Crippen LogP contribution in [0.25, 0.3) is 0 Å². The maximum atomic E-state index is 12.7. The molecule has 7 nitrogen and oxygen atoms in total. The van der Waals surface area contributed by atoms with Gasteiger partial charge in [0.05, 0.1) is 5.69 Å². The third-order valence-electron chi connectivity index (χ3n) is 3.76. The van der Waals surface area contributed by atoms with Crippen molar-refractivity contribution in [2.75, 3.05) is 10.2 Å². The van der Waals surface area contributed by atoms with E-state index in [9.17, 15) is 14.4 Å². The van der Waals surface area contributed by atoms with Gasteiger partial charge in [-0.3, -0.25) is 14.4 Å². The van der Waals surface area contributed by atoms with Crippen LogP contribution in [0.3, 0.4) is 0 Å². The zero-order valence-corrected chi connectivity index (χ0v) is 15.5. The monoisotopic (exact) mass is 370 g/mol. The largest absolute Gasteiger partial charge is 0.326 e. The number of rotatable bonds is 4. The number of thioether (sulfide) groups is 1. The van der Waals surface area contributed by atoms with Crippen LogP contribution in [0.2, 0.25) is 0 Å². The molecule has 1 aromatic heterocycles. The molecule has 1 aromatic carbocycles. The number of nitrogens with one attached hydrogen (secondary N) is 1. The quantitative estimate of drug-likeness (QED) is 0.657. The zero-order chi connectivity index (χ0) is 18.8. The van der Waals surface area contributed by atoms with Gasteiger partial charge in [-0.25, -0.2) is 14.9 Å². The Bertz CT molecular complexity index is 862. The molecule has 2 heterocycles. The van der Waals surface area contributed by atoms with E-state index in [4.69, 9.17) is 0 Å². The highest BCUT2D eigenvalue weighted by molar-refractivity contribution is 8.00. The van der Waals surface area contributed by atoms with E-state index < -0.39 is 5.25 Å². The van der Waals surface area contributed by atoms with Crippen molar-refractivity contribution in [3.63, 3.8) is 0 Å². The highest BCUT2D eigenvalue weighted by Crippen LogP contribution is 2.33. The van der Waals surface area contributed by atoms with Crippen LogP contribution in [0.15, 0.2) is 35.5 Å². The van der Waals surface area contributed by atoms with Gasteiger partial charge >= 0.3 is 0 Å². The topological polar surface area (TPSA) is 92.3 Å². The minimum absolute atomic E-state index is 0.104. The van der Waals surface area contributed by atoms with E-state index in [1.165, 1.54) is 23.6 Å². The van der Waals surface area contributed by atoms with Gasteiger partial charge in [0.15, 0.2) is 5.16 Å². The van der Waals surface area contributed by atoms with Crippen LogP contribution in [-0.4, -0.2) is 32.9 Å². The Morgan fingerprint density at radius 1 is 1.15 bits per heavy atom. The lowest BCUT2D eigenvalue weighted by Crippen LogP contribution is -2.31. The molecule has 0 saturated carbocycles. The van der Waals surface area contributed by atoms with Gasteiger partial charge in [-0.05, 0) is 44.2 Å². The SMILES string of the molecule is CC(=O)Nc1ccc(N2C(=O)C[C@@H](Sc3nc(C)cc(C)n3)C2=O)cc1. The predicted octanol–water partition coefficient (Wildman–Crippen LogP) is 2.48. The van der Waals surface area contributed by atoms with Crippen molar-refractivity contribution in [3.05, 3.63) is 41.7 Å². The molecular weight excluding hydrogens is 352 g/mol. The first-order valence-electron chi connectivity index (χ1n) is 8.07. The van der Waals surface area contributed by atoms with E-state index in [0.717, 1.165) is 11.4 Å². The summed E-state index contributed by atoms with van der Waals surface area (Å²) in [5.74, 6) is -0.727. The lowest BCUT2D eigenvalue weighted by atomic mass is 10.2. The maximum absolute atomic E-state index is 12.7. The summed E-state index contributed by atoms with van der Waals surface area (Å²) in [5, 5.41) is 2.60. The molecule has 3 amide bonds. The van der Waals surface area contributed by atoms with Gasteiger partial charge in [-0.1, -0.05) is 11.8 Å². The number of benzene rings is 1. The second-order valence-electron chi connectivity index (χ2n) is 6.04. The highest BCUT2D eigenvalue weighted by atomic mass is 32.2. The van der Waals surface area contributed by atoms with E-state index in [0.29, 0.717) is 16.5 Å². The number of anilines is 2. The Morgan fingerprint density at radius 3 is 2.35 bits per heavy atom. The van der Waals surface area contributed by atoms with Crippen molar-refractivity contribution in [1.29, 1.82) is 0 Å². The summed E-state index contributed by atoms with van der Waals surface area (Å²) >= 11 is 1.21. The lowest BCUT2D eigenvalue weighted by Gasteiger charge is -2.15. The molecule has 0 aliphatic carbocycles. The number of carbonyl (C=O) groups is 3. The molecule has 0 radical (unpaired) electrons. The second-order valence-corrected chi connectivity index (χ2v) is 7.21. The highest BCUT2D eigenvalue weighted by Gasteiger charge is 2.40. The van der Waals surface area contributed by atoms with Crippen molar-refractivity contribution in [2.24, 2.45) is 0 Å². The average molecular weight is 370 g/mol. The summed E-state index contributed by atoms with van der Waals surface area (Å²) in [4.78, 5) is 46.0. The summed E-state index contributed by atoms with van der Waals surface area (Å²) in [7, 11) is 0. The molecule has 2 aromatic rings. The zero-order valence-electron chi connectivity index (χ0n) is 14.6. The Balaban J connectivity index is 1.77. The number of aromatic nitrogens is 2. The molecule has 1 aliphatic rings. The van der Waals surface area contributed by atoms with Crippen LogP contribution >= 0.6 is 11.8 Å². The van der Waals surface area contributed by atoms with Gasteiger partial charge in [-0.15, -0.1) is 0 Å². The standard InChI is InChI=1S/C18H18N4O3S/c1-10-8-11(2)20-18(19-10)26-15-9-16(24)22(17(15)25)14-6-4-13(5-7-14)21-12(3)23/h4-8,15H,9H2,1-3H3,(H,21,23)/t15-/m1/s1. The number of amides is 3. The fraction of sp³-hybridized carbons (Fsp3) is 0.278. The van der Waals surface area contributed by atoms with Crippen LogP contribution in [-0.2, 0) is 14.4 Å². The van der Waals surface area contributed by atoms with E-state index in [1.54, 1.807) is 24.3 Å². The molecule has 8 heteroatoms. The molecule has 26 heavy (non-hydrogen) atoms. The smallest absolute Gasteiger partial charge is 0.247 e. The number of carbonyl (C=O) groups excluding carboxylic acids is 3. The summed E-state index contributed by atoms with van der Waals surface area (Å²) in [5.41, 5.74) is 2.73. The lowest BCUT2D eigenvalue weighted by molar-refractivity contribution is -0.121. The Hall–Kier alpha value is -2.74. The van der Waals surface area contributed by atoms with E-state index >= 15 is 0 Å². The molecule has 0 spiro atoms. The Morgan fingerprint density at radius 2 is 1.77 bits per heavy atom.